The number of thiazole rings is 1. The maximum Gasteiger partial charge on any atom is 0.410 e. The number of hydrogen-bond donors (Lipinski definition) is 0. The van der Waals surface area contributed by atoms with Gasteiger partial charge in [0.25, 0.3) is 0 Å². The summed E-state index contributed by atoms with van der Waals surface area (Å²) < 4.78 is 10.6. The summed E-state index contributed by atoms with van der Waals surface area (Å²) in [7, 11) is 0. The van der Waals surface area contributed by atoms with Gasteiger partial charge in [0, 0.05) is 31.3 Å². The molecule has 0 aromatic carbocycles. The topological polar surface area (TPSA) is 85.8 Å². The number of likely N-dealkylation sites (tertiary alicyclic amines) is 1. The van der Waals surface area contributed by atoms with Crippen LogP contribution in [0.3, 0.4) is 0 Å². The van der Waals surface area contributed by atoms with Gasteiger partial charge in [-0.2, -0.15) is 0 Å². The van der Waals surface area contributed by atoms with Crippen LogP contribution in [-0.4, -0.2) is 53.0 Å². The summed E-state index contributed by atoms with van der Waals surface area (Å²) >= 11 is 1.39. The first-order valence-electron chi connectivity index (χ1n) is 8.23. The minimum atomic E-state index is -1.43. The number of carbonyl (C=O) groups is 3. The highest BCUT2D eigenvalue weighted by Gasteiger charge is 2.52. The van der Waals surface area contributed by atoms with Crippen LogP contribution in [0.4, 0.5) is 4.79 Å². The molecule has 0 bridgehead atoms. The van der Waals surface area contributed by atoms with E-state index in [9.17, 15) is 14.4 Å². The van der Waals surface area contributed by atoms with Crippen molar-refractivity contribution in [1.29, 1.82) is 0 Å². The van der Waals surface area contributed by atoms with Gasteiger partial charge in [-0.3, -0.25) is 9.59 Å². The lowest BCUT2D eigenvalue weighted by Gasteiger charge is -2.39. The van der Waals surface area contributed by atoms with Crippen LogP contribution >= 0.6 is 11.3 Å². The van der Waals surface area contributed by atoms with Crippen LogP contribution in [0, 0.1) is 5.41 Å². The molecule has 138 valence electrons. The molecule has 0 saturated carbocycles. The van der Waals surface area contributed by atoms with Gasteiger partial charge in [-0.05, 0) is 27.7 Å². The zero-order valence-corrected chi connectivity index (χ0v) is 15.9. The van der Waals surface area contributed by atoms with Crippen molar-refractivity contribution >= 4 is 29.2 Å². The van der Waals surface area contributed by atoms with Gasteiger partial charge < -0.3 is 14.4 Å². The van der Waals surface area contributed by atoms with E-state index in [1.807, 2.05) is 0 Å². The molecule has 25 heavy (non-hydrogen) atoms. The van der Waals surface area contributed by atoms with E-state index in [0.717, 1.165) is 0 Å². The van der Waals surface area contributed by atoms with Crippen molar-refractivity contribution in [3.05, 3.63) is 16.6 Å². The fourth-order valence-corrected chi connectivity index (χ4v) is 3.32. The largest absolute Gasteiger partial charge is 0.465 e. The number of hydrogen-bond acceptors (Lipinski definition) is 7. The standard InChI is InChI=1S/C17H24N2O5S/c1-5-23-14(21)17(8-12-9-25-11-18-12)10-19(7-6-13(17)20)15(22)24-16(2,3)4/h9,11H,5-8,10H2,1-4H3. The van der Waals surface area contributed by atoms with Crippen LogP contribution in [-0.2, 0) is 25.5 Å². The molecule has 8 heteroatoms. The molecule has 2 heterocycles. The first-order chi connectivity index (χ1) is 11.7. The van der Waals surface area contributed by atoms with Crippen LogP contribution in [0.5, 0.6) is 0 Å². The Kier molecular flexibility index (Phi) is 5.82. The number of ether oxygens (including phenoxy) is 2. The maximum atomic E-state index is 12.7. The second-order valence-corrected chi connectivity index (χ2v) is 7.75. The molecule has 1 unspecified atom stereocenters. The molecule has 1 aromatic heterocycles. The van der Waals surface area contributed by atoms with E-state index >= 15 is 0 Å². The third-order valence-corrected chi connectivity index (χ3v) is 4.52. The monoisotopic (exact) mass is 368 g/mol. The third-order valence-electron chi connectivity index (χ3n) is 3.89. The number of amides is 1. The van der Waals surface area contributed by atoms with Crippen molar-refractivity contribution in [2.75, 3.05) is 19.7 Å². The van der Waals surface area contributed by atoms with Crippen molar-refractivity contribution in [2.24, 2.45) is 5.41 Å². The van der Waals surface area contributed by atoms with E-state index in [-0.39, 0.29) is 38.3 Å². The molecule has 1 atom stereocenters. The first kappa shape index (κ1) is 19.4. The third kappa shape index (κ3) is 4.56. The first-order valence-corrected chi connectivity index (χ1v) is 9.18. The van der Waals surface area contributed by atoms with E-state index in [1.54, 1.807) is 38.6 Å². The Bertz CT molecular complexity index is 638. The van der Waals surface area contributed by atoms with Crippen LogP contribution < -0.4 is 0 Å². The molecule has 1 fully saturated rings. The van der Waals surface area contributed by atoms with Crippen molar-refractivity contribution in [2.45, 2.75) is 46.1 Å². The molecule has 0 N–H and O–H groups in total. The minimum Gasteiger partial charge on any atom is -0.465 e. The molecule has 1 aliphatic heterocycles. The number of ketones is 1. The second kappa shape index (κ2) is 7.51. The average molecular weight is 368 g/mol. The van der Waals surface area contributed by atoms with Crippen LogP contribution in [0.15, 0.2) is 10.9 Å². The Labute approximate surface area is 151 Å². The van der Waals surface area contributed by atoms with Crippen molar-refractivity contribution in [1.82, 2.24) is 9.88 Å². The number of Topliss-reactive ketones (excluding diaryl/α,β-unsaturated/α-hetero) is 1. The molecule has 1 saturated heterocycles. The highest BCUT2D eigenvalue weighted by atomic mass is 32.1. The van der Waals surface area contributed by atoms with E-state index in [2.05, 4.69) is 4.98 Å². The van der Waals surface area contributed by atoms with Crippen LogP contribution in [0.25, 0.3) is 0 Å². The molecule has 2 rings (SSSR count). The summed E-state index contributed by atoms with van der Waals surface area (Å²) in [6.45, 7) is 7.34. The van der Waals surface area contributed by atoms with Gasteiger partial charge in [-0.15, -0.1) is 11.3 Å². The summed E-state index contributed by atoms with van der Waals surface area (Å²) in [5.41, 5.74) is 0.198. The highest BCUT2D eigenvalue weighted by molar-refractivity contribution is 7.07. The molecule has 0 spiro atoms. The Hall–Kier alpha value is -1.96. The highest BCUT2D eigenvalue weighted by Crippen LogP contribution is 2.33. The fourth-order valence-electron chi connectivity index (χ4n) is 2.76. The summed E-state index contributed by atoms with van der Waals surface area (Å²) in [4.78, 5) is 43.4. The van der Waals surface area contributed by atoms with Gasteiger partial charge >= 0.3 is 12.1 Å². The molecular weight excluding hydrogens is 344 g/mol. The Morgan fingerprint density at radius 3 is 2.68 bits per heavy atom. The van der Waals surface area contributed by atoms with Crippen molar-refractivity contribution in [3.63, 3.8) is 0 Å². The molecule has 7 nitrogen and oxygen atoms in total. The molecule has 0 aliphatic carbocycles. The van der Waals surface area contributed by atoms with Crippen LogP contribution in [0.2, 0.25) is 0 Å². The Morgan fingerprint density at radius 2 is 2.12 bits per heavy atom. The van der Waals surface area contributed by atoms with E-state index in [4.69, 9.17) is 9.47 Å². The van der Waals surface area contributed by atoms with Gasteiger partial charge in [0.2, 0.25) is 0 Å². The summed E-state index contributed by atoms with van der Waals surface area (Å²) in [5, 5.41) is 1.79. The fraction of sp³-hybridized carbons (Fsp3) is 0.647. The van der Waals surface area contributed by atoms with Gasteiger partial charge in [0.05, 0.1) is 17.8 Å². The lowest BCUT2D eigenvalue weighted by Crippen LogP contribution is -2.57. The number of aromatic nitrogens is 1. The predicted molar refractivity (Wildman–Crippen MR) is 92.3 cm³/mol. The Morgan fingerprint density at radius 1 is 1.40 bits per heavy atom. The number of rotatable bonds is 4. The van der Waals surface area contributed by atoms with Gasteiger partial charge in [0.1, 0.15) is 11.0 Å². The SMILES string of the molecule is CCOC(=O)C1(Cc2cscn2)CN(C(=O)OC(C)(C)C)CCC1=O. The minimum absolute atomic E-state index is 0.0584. The lowest BCUT2D eigenvalue weighted by atomic mass is 9.75. The summed E-state index contributed by atoms with van der Waals surface area (Å²) in [5.74, 6) is -0.833. The lowest BCUT2D eigenvalue weighted by molar-refractivity contribution is -0.163. The van der Waals surface area contributed by atoms with Gasteiger partial charge in [-0.1, -0.05) is 0 Å². The molecule has 0 radical (unpaired) electrons. The van der Waals surface area contributed by atoms with Crippen molar-refractivity contribution < 1.29 is 23.9 Å². The molecular formula is C17H24N2O5S. The average Bonchev–Trinajstić information content (AvgIpc) is 3.00. The maximum absolute atomic E-state index is 12.7. The number of esters is 1. The zero-order valence-electron chi connectivity index (χ0n) is 15.0. The van der Waals surface area contributed by atoms with E-state index in [1.165, 1.54) is 16.2 Å². The van der Waals surface area contributed by atoms with E-state index in [0.29, 0.717) is 5.69 Å². The van der Waals surface area contributed by atoms with Gasteiger partial charge in [0.15, 0.2) is 5.78 Å². The van der Waals surface area contributed by atoms with Gasteiger partial charge in [-0.25, -0.2) is 9.78 Å². The van der Waals surface area contributed by atoms with Crippen molar-refractivity contribution in [3.8, 4) is 0 Å². The predicted octanol–water partition coefficient (Wildman–Crippen LogP) is 2.45. The Balaban J connectivity index is 2.29. The number of carbonyl (C=O) groups excluding carboxylic acids is 3. The smallest absolute Gasteiger partial charge is 0.410 e. The van der Waals surface area contributed by atoms with Crippen LogP contribution in [0.1, 0.15) is 39.8 Å². The summed E-state index contributed by atoms with van der Waals surface area (Å²) in [6.07, 6.45) is -0.331. The molecule has 1 amide bonds. The molecule has 1 aliphatic rings. The number of piperidine rings is 1. The molecule has 1 aromatic rings. The summed E-state index contributed by atoms with van der Waals surface area (Å²) in [6, 6.07) is 0. The zero-order chi connectivity index (χ0) is 18.7. The normalized spacial score (nSPS) is 21.1. The number of nitrogens with zero attached hydrogens (tertiary/aromatic N) is 2. The van der Waals surface area contributed by atoms with E-state index < -0.39 is 23.1 Å². The quantitative estimate of drug-likeness (QED) is 0.599. The second-order valence-electron chi connectivity index (χ2n) is 7.03.